The van der Waals surface area contributed by atoms with Crippen LogP contribution >= 0.6 is 15.9 Å². The Balaban J connectivity index is 2.13. The fourth-order valence-electron chi connectivity index (χ4n) is 1.50. The van der Waals surface area contributed by atoms with Crippen molar-refractivity contribution >= 4 is 33.3 Å². The molecule has 0 fully saturated rings. The van der Waals surface area contributed by atoms with Crippen molar-refractivity contribution in [1.82, 2.24) is 9.97 Å². The first-order chi connectivity index (χ1) is 9.60. The average molecular weight is 339 g/mol. The number of carbonyl (C=O) groups excluding carboxylic acids is 1. The molecule has 1 amide bonds. The van der Waals surface area contributed by atoms with Crippen molar-refractivity contribution in [2.75, 3.05) is 17.2 Å². The van der Waals surface area contributed by atoms with Crippen molar-refractivity contribution in [3.05, 3.63) is 46.6 Å². The number of carbonyl (C=O) groups is 1. The van der Waals surface area contributed by atoms with Crippen LogP contribution in [0.1, 0.15) is 17.4 Å². The smallest absolute Gasteiger partial charge is 0.275 e. The Kier molecular flexibility index (Phi) is 4.62. The van der Waals surface area contributed by atoms with E-state index in [2.05, 4.69) is 36.5 Å². The second-order valence-electron chi connectivity index (χ2n) is 3.90. The highest BCUT2D eigenvalue weighted by Gasteiger charge is 2.11. The lowest BCUT2D eigenvalue weighted by molar-refractivity contribution is 0.102. The molecule has 0 saturated carbocycles. The number of rotatable bonds is 4. The number of hydrogen-bond acceptors (Lipinski definition) is 4. The largest absolute Gasteiger partial charge is 0.369 e. The molecule has 2 N–H and O–H groups in total. The summed E-state index contributed by atoms with van der Waals surface area (Å²) in [7, 11) is 0. The summed E-state index contributed by atoms with van der Waals surface area (Å²) >= 11 is 3.24. The third kappa shape index (κ3) is 3.51. The highest BCUT2D eigenvalue weighted by molar-refractivity contribution is 9.10. The lowest BCUT2D eigenvalue weighted by Gasteiger charge is -2.07. The molecule has 0 aliphatic carbocycles. The first-order valence-electron chi connectivity index (χ1n) is 5.92. The molecular weight excluding hydrogens is 327 g/mol. The maximum Gasteiger partial charge on any atom is 0.275 e. The molecule has 0 aliphatic rings. The SMILES string of the molecule is CCNc1cnc(C(=O)Nc2cc(F)ccc2Br)cn1. The average Bonchev–Trinajstić information content (AvgIpc) is 2.44. The summed E-state index contributed by atoms with van der Waals surface area (Å²) in [5, 5.41) is 5.55. The number of halogens is 2. The van der Waals surface area contributed by atoms with Gasteiger partial charge in [-0.2, -0.15) is 0 Å². The number of aromatic nitrogens is 2. The molecule has 2 aromatic rings. The van der Waals surface area contributed by atoms with E-state index in [0.29, 0.717) is 16.0 Å². The lowest BCUT2D eigenvalue weighted by Crippen LogP contribution is -2.15. The van der Waals surface area contributed by atoms with E-state index in [0.717, 1.165) is 6.54 Å². The summed E-state index contributed by atoms with van der Waals surface area (Å²) in [5.74, 6) is -0.292. The minimum atomic E-state index is -0.452. The summed E-state index contributed by atoms with van der Waals surface area (Å²) in [6, 6.07) is 4.04. The molecule has 104 valence electrons. The van der Waals surface area contributed by atoms with Crippen molar-refractivity contribution < 1.29 is 9.18 Å². The van der Waals surface area contributed by atoms with Gasteiger partial charge in [0.1, 0.15) is 17.3 Å². The number of anilines is 2. The van der Waals surface area contributed by atoms with E-state index in [1.807, 2.05) is 6.92 Å². The van der Waals surface area contributed by atoms with Gasteiger partial charge in [-0.05, 0) is 41.1 Å². The van der Waals surface area contributed by atoms with Crippen LogP contribution in [0.4, 0.5) is 15.9 Å². The summed E-state index contributed by atoms with van der Waals surface area (Å²) in [6.45, 7) is 2.65. The molecular formula is C13H12BrFN4O. The van der Waals surface area contributed by atoms with Crippen molar-refractivity contribution in [2.45, 2.75) is 6.92 Å². The zero-order valence-electron chi connectivity index (χ0n) is 10.7. The van der Waals surface area contributed by atoms with E-state index >= 15 is 0 Å². The van der Waals surface area contributed by atoms with Gasteiger partial charge in [0.2, 0.25) is 0 Å². The third-order valence-electron chi connectivity index (χ3n) is 2.42. The predicted molar refractivity (Wildman–Crippen MR) is 78.2 cm³/mol. The Morgan fingerprint density at radius 3 is 2.80 bits per heavy atom. The minimum absolute atomic E-state index is 0.155. The molecule has 0 atom stereocenters. The predicted octanol–water partition coefficient (Wildman–Crippen LogP) is 3.06. The summed E-state index contributed by atoms with van der Waals surface area (Å²) in [5.41, 5.74) is 0.496. The molecule has 1 aromatic carbocycles. The van der Waals surface area contributed by atoms with E-state index in [9.17, 15) is 9.18 Å². The summed E-state index contributed by atoms with van der Waals surface area (Å²) in [6.07, 6.45) is 2.83. The molecule has 0 bridgehead atoms. The molecule has 7 heteroatoms. The van der Waals surface area contributed by atoms with Gasteiger partial charge < -0.3 is 10.6 Å². The van der Waals surface area contributed by atoms with E-state index < -0.39 is 11.7 Å². The first kappa shape index (κ1) is 14.4. The fraction of sp³-hybridized carbons (Fsp3) is 0.154. The Labute approximate surface area is 123 Å². The fourth-order valence-corrected chi connectivity index (χ4v) is 1.84. The van der Waals surface area contributed by atoms with Crippen molar-refractivity contribution in [3.63, 3.8) is 0 Å². The van der Waals surface area contributed by atoms with Crippen molar-refractivity contribution in [2.24, 2.45) is 0 Å². The number of nitrogens with zero attached hydrogens (tertiary/aromatic N) is 2. The number of benzene rings is 1. The second kappa shape index (κ2) is 6.42. The molecule has 0 aliphatic heterocycles. The van der Waals surface area contributed by atoms with Gasteiger partial charge in [0.25, 0.3) is 5.91 Å². The van der Waals surface area contributed by atoms with Gasteiger partial charge in [0, 0.05) is 11.0 Å². The standard InChI is InChI=1S/C13H12BrFN4O/c1-2-16-12-7-17-11(6-18-12)13(20)19-10-5-8(15)3-4-9(10)14/h3-7H,2H2,1H3,(H,16,18)(H,19,20). The lowest BCUT2D eigenvalue weighted by atomic mass is 10.3. The number of hydrogen-bond donors (Lipinski definition) is 2. The second-order valence-corrected chi connectivity index (χ2v) is 4.75. The molecule has 0 spiro atoms. The minimum Gasteiger partial charge on any atom is -0.369 e. The monoisotopic (exact) mass is 338 g/mol. The van der Waals surface area contributed by atoms with Crippen LogP contribution in [0.25, 0.3) is 0 Å². The van der Waals surface area contributed by atoms with Gasteiger partial charge in [-0.1, -0.05) is 0 Å². The topological polar surface area (TPSA) is 66.9 Å². The highest BCUT2D eigenvalue weighted by Crippen LogP contribution is 2.23. The van der Waals surface area contributed by atoms with Crippen LogP contribution in [-0.2, 0) is 0 Å². The van der Waals surface area contributed by atoms with Gasteiger partial charge >= 0.3 is 0 Å². The van der Waals surface area contributed by atoms with Crippen molar-refractivity contribution in [1.29, 1.82) is 0 Å². The van der Waals surface area contributed by atoms with Crippen LogP contribution in [0.2, 0.25) is 0 Å². The maximum atomic E-state index is 13.1. The van der Waals surface area contributed by atoms with Gasteiger partial charge in [-0.3, -0.25) is 4.79 Å². The Hall–Kier alpha value is -2.02. The van der Waals surface area contributed by atoms with E-state index in [-0.39, 0.29) is 5.69 Å². The molecule has 0 saturated heterocycles. The Bertz CT molecular complexity index is 618. The Morgan fingerprint density at radius 1 is 1.35 bits per heavy atom. The maximum absolute atomic E-state index is 13.1. The molecule has 1 aromatic heterocycles. The summed E-state index contributed by atoms with van der Waals surface area (Å²) in [4.78, 5) is 20.0. The van der Waals surface area contributed by atoms with Crippen LogP contribution in [-0.4, -0.2) is 22.4 Å². The molecule has 0 unspecified atom stereocenters. The highest BCUT2D eigenvalue weighted by atomic mass is 79.9. The molecule has 5 nitrogen and oxygen atoms in total. The van der Waals surface area contributed by atoms with Gasteiger partial charge in [0.05, 0.1) is 18.1 Å². The zero-order valence-corrected chi connectivity index (χ0v) is 12.2. The van der Waals surface area contributed by atoms with Gasteiger partial charge in [0.15, 0.2) is 0 Å². The van der Waals surface area contributed by atoms with Crippen LogP contribution in [0.3, 0.4) is 0 Å². The number of nitrogens with one attached hydrogen (secondary N) is 2. The Morgan fingerprint density at radius 2 is 2.15 bits per heavy atom. The van der Waals surface area contributed by atoms with Crippen LogP contribution in [0, 0.1) is 5.82 Å². The quantitative estimate of drug-likeness (QED) is 0.898. The van der Waals surface area contributed by atoms with Gasteiger partial charge in [-0.25, -0.2) is 14.4 Å². The molecule has 20 heavy (non-hydrogen) atoms. The van der Waals surface area contributed by atoms with Gasteiger partial charge in [-0.15, -0.1) is 0 Å². The van der Waals surface area contributed by atoms with Crippen LogP contribution in [0.5, 0.6) is 0 Å². The van der Waals surface area contributed by atoms with Crippen LogP contribution in [0.15, 0.2) is 35.1 Å². The normalized spacial score (nSPS) is 10.2. The number of amides is 1. The van der Waals surface area contributed by atoms with E-state index in [1.54, 1.807) is 0 Å². The molecule has 2 rings (SSSR count). The molecule has 1 heterocycles. The summed E-state index contributed by atoms with van der Waals surface area (Å²) < 4.78 is 13.7. The van der Waals surface area contributed by atoms with Crippen LogP contribution < -0.4 is 10.6 Å². The third-order valence-corrected chi connectivity index (χ3v) is 3.11. The molecule has 0 radical (unpaired) electrons. The van der Waals surface area contributed by atoms with Crippen molar-refractivity contribution in [3.8, 4) is 0 Å². The van der Waals surface area contributed by atoms with E-state index in [1.165, 1.54) is 30.6 Å². The first-order valence-corrected chi connectivity index (χ1v) is 6.71. The van der Waals surface area contributed by atoms with E-state index in [4.69, 9.17) is 0 Å². The zero-order chi connectivity index (χ0) is 14.5.